The molecule has 2 rings (SSSR count). The summed E-state index contributed by atoms with van der Waals surface area (Å²) in [5.41, 5.74) is 1.04. The maximum Gasteiger partial charge on any atom is 0.315 e. The number of nitro benzene ring substituents is 1. The highest BCUT2D eigenvalue weighted by Crippen LogP contribution is 2.38. The zero-order valence-corrected chi connectivity index (χ0v) is 14.2. The number of nitro groups is 1. The van der Waals surface area contributed by atoms with Gasteiger partial charge in [-0.1, -0.05) is 6.92 Å². The van der Waals surface area contributed by atoms with Crippen molar-refractivity contribution in [2.45, 2.75) is 20.3 Å². The molecule has 0 atom stereocenters. The SMILES string of the molecule is CCOc1cc(/C=C2\CN(CC)CCC2=O)cc([N+](=O)[O-])c1OC. The topological polar surface area (TPSA) is 81.9 Å². The number of carbonyl (C=O) groups is 1. The first kappa shape index (κ1) is 17.9. The average molecular weight is 334 g/mol. The van der Waals surface area contributed by atoms with Crippen LogP contribution in [0.25, 0.3) is 6.08 Å². The molecule has 7 heteroatoms. The van der Waals surface area contributed by atoms with Crippen molar-refractivity contribution in [2.24, 2.45) is 0 Å². The maximum atomic E-state index is 12.1. The lowest BCUT2D eigenvalue weighted by molar-refractivity contribution is -0.385. The number of hydrogen-bond acceptors (Lipinski definition) is 6. The number of benzene rings is 1. The smallest absolute Gasteiger partial charge is 0.315 e. The molecule has 1 aromatic rings. The van der Waals surface area contributed by atoms with E-state index in [0.717, 1.165) is 13.1 Å². The molecule has 0 bridgehead atoms. The van der Waals surface area contributed by atoms with Gasteiger partial charge in [0, 0.05) is 31.1 Å². The summed E-state index contributed by atoms with van der Waals surface area (Å²) in [6, 6.07) is 3.08. The van der Waals surface area contributed by atoms with Crippen LogP contribution in [0.1, 0.15) is 25.8 Å². The number of rotatable bonds is 6. The summed E-state index contributed by atoms with van der Waals surface area (Å²) in [6.07, 6.45) is 2.18. The molecule has 1 heterocycles. The molecule has 0 radical (unpaired) electrons. The van der Waals surface area contributed by atoms with Crippen molar-refractivity contribution in [3.63, 3.8) is 0 Å². The van der Waals surface area contributed by atoms with Gasteiger partial charge in [-0.2, -0.15) is 0 Å². The summed E-state index contributed by atoms with van der Waals surface area (Å²) < 4.78 is 10.6. The zero-order valence-electron chi connectivity index (χ0n) is 14.2. The molecular formula is C17H22N2O5. The second kappa shape index (κ2) is 7.92. The Kier molecular flexibility index (Phi) is 5.92. The van der Waals surface area contributed by atoms with Gasteiger partial charge in [-0.05, 0) is 31.2 Å². The predicted molar refractivity (Wildman–Crippen MR) is 90.5 cm³/mol. The van der Waals surface area contributed by atoms with Crippen molar-refractivity contribution in [1.82, 2.24) is 4.90 Å². The molecular weight excluding hydrogens is 312 g/mol. The number of nitrogens with zero attached hydrogens (tertiary/aromatic N) is 2. The highest BCUT2D eigenvalue weighted by atomic mass is 16.6. The van der Waals surface area contributed by atoms with Crippen molar-refractivity contribution in [2.75, 3.05) is 33.4 Å². The van der Waals surface area contributed by atoms with Crippen molar-refractivity contribution in [3.8, 4) is 11.5 Å². The van der Waals surface area contributed by atoms with Gasteiger partial charge >= 0.3 is 5.69 Å². The third-order valence-electron chi connectivity index (χ3n) is 3.95. The van der Waals surface area contributed by atoms with Crippen molar-refractivity contribution in [3.05, 3.63) is 33.4 Å². The maximum absolute atomic E-state index is 12.1. The quantitative estimate of drug-likeness (QED) is 0.452. The van der Waals surface area contributed by atoms with Crippen molar-refractivity contribution >= 4 is 17.5 Å². The Balaban J connectivity index is 2.47. The van der Waals surface area contributed by atoms with Gasteiger partial charge in [0.25, 0.3) is 0 Å². The number of piperidine rings is 1. The third kappa shape index (κ3) is 3.91. The van der Waals surface area contributed by atoms with E-state index in [1.165, 1.54) is 13.2 Å². The number of methoxy groups -OCH3 is 1. The Labute approximate surface area is 141 Å². The van der Waals surface area contributed by atoms with Crippen LogP contribution < -0.4 is 9.47 Å². The van der Waals surface area contributed by atoms with Crippen molar-refractivity contribution in [1.29, 1.82) is 0 Å². The Morgan fingerprint density at radius 2 is 2.12 bits per heavy atom. The molecule has 0 N–H and O–H groups in total. The number of hydrogen-bond donors (Lipinski definition) is 0. The van der Waals surface area contributed by atoms with E-state index in [9.17, 15) is 14.9 Å². The van der Waals surface area contributed by atoms with Crippen LogP contribution in [0, 0.1) is 10.1 Å². The largest absolute Gasteiger partial charge is 0.490 e. The second-order valence-corrected chi connectivity index (χ2v) is 5.47. The molecule has 0 saturated carbocycles. The van der Waals surface area contributed by atoms with Crippen LogP contribution in [0.2, 0.25) is 0 Å². The van der Waals surface area contributed by atoms with Crippen LogP contribution in [-0.2, 0) is 4.79 Å². The van der Waals surface area contributed by atoms with Crippen LogP contribution in [0.4, 0.5) is 5.69 Å². The van der Waals surface area contributed by atoms with Crippen LogP contribution in [-0.4, -0.2) is 49.0 Å². The summed E-state index contributed by atoms with van der Waals surface area (Å²) in [4.78, 5) is 25.1. The van der Waals surface area contributed by atoms with Gasteiger partial charge in [0.05, 0.1) is 18.6 Å². The molecule has 24 heavy (non-hydrogen) atoms. The first-order valence-electron chi connectivity index (χ1n) is 7.95. The summed E-state index contributed by atoms with van der Waals surface area (Å²) in [5.74, 6) is 0.474. The minimum Gasteiger partial charge on any atom is -0.490 e. The van der Waals surface area contributed by atoms with E-state index < -0.39 is 4.92 Å². The number of ketones is 1. The van der Waals surface area contributed by atoms with E-state index in [1.54, 1.807) is 19.1 Å². The minimum atomic E-state index is -0.510. The first-order valence-corrected chi connectivity index (χ1v) is 7.95. The number of Topliss-reactive ketones (excluding diaryl/α,β-unsaturated/α-hetero) is 1. The van der Waals surface area contributed by atoms with Gasteiger partial charge in [-0.3, -0.25) is 19.8 Å². The average Bonchev–Trinajstić information content (AvgIpc) is 2.56. The van der Waals surface area contributed by atoms with Gasteiger partial charge in [0.1, 0.15) is 0 Å². The Morgan fingerprint density at radius 3 is 2.71 bits per heavy atom. The van der Waals surface area contributed by atoms with Crippen LogP contribution in [0.5, 0.6) is 11.5 Å². The van der Waals surface area contributed by atoms with Gasteiger partial charge in [-0.25, -0.2) is 0 Å². The Morgan fingerprint density at radius 1 is 1.38 bits per heavy atom. The highest BCUT2D eigenvalue weighted by Gasteiger charge is 2.23. The van der Waals surface area contributed by atoms with Gasteiger partial charge in [0.2, 0.25) is 5.75 Å². The highest BCUT2D eigenvalue weighted by molar-refractivity contribution is 6.00. The van der Waals surface area contributed by atoms with E-state index in [1.807, 2.05) is 6.92 Å². The molecule has 1 aliphatic rings. The summed E-state index contributed by atoms with van der Waals surface area (Å²) >= 11 is 0. The molecule has 0 aromatic heterocycles. The normalized spacial score (nSPS) is 17.1. The lowest BCUT2D eigenvalue weighted by Crippen LogP contribution is -2.35. The standard InChI is InChI=1S/C17H22N2O5/c1-4-18-7-6-15(20)13(11-18)8-12-9-14(19(21)22)17(23-3)16(10-12)24-5-2/h8-10H,4-7,11H2,1-3H3/b13-8+. The lowest BCUT2D eigenvalue weighted by Gasteiger charge is -2.26. The molecule has 1 aromatic carbocycles. The van der Waals surface area contributed by atoms with Crippen LogP contribution in [0.15, 0.2) is 17.7 Å². The molecule has 0 aliphatic carbocycles. The van der Waals surface area contributed by atoms with Gasteiger partial charge < -0.3 is 9.47 Å². The van der Waals surface area contributed by atoms with Gasteiger partial charge in [0.15, 0.2) is 11.5 Å². The van der Waals surface area contributed by atoms with Gasteiger partial charge in [-0.15, -0.1) is 0 Å². The second-order valence-electron chi connectivity index (χ2n) is 5.47. The summed E-state index contributed by atoms with van der Waals surface area (Å²) in [5, 5.41) is 11.3. The minimum absolute atomic E-state index is 0.0798. The first-order chi connectivity index (χ1) is 11.5. The molecule has 1 saturated heterocycles. The molecule has 1 fully saturated rings. The lowest BCUT2D eigenvalue weighted by atomic mass is 10.00. The van der Waals surface area contributed by atoms with Crippen molar-refractivity contribution < 1.29 is 19.2 Å². The van der Waals surface area contributed by atoms with E-state index >= 15 is 0 Å². The van der Waals surface area contributed by atoms with Crippen LogP contribution in [0.3, 0.4) is 0 Å². The van der Waals surface area contributed by atoms with Crippen LogP contribution >= 0.6 is 0 Å². The summed E-state index contributed by atoms with van der Waals surface area (Å²) in [7, 11) is 1.37. The molecule has 0 spiro atoms. The fourth-order valence-electron chi connectivity index (χ4n) is 2.72. The number of carbonyl (C=O) groups excluding carboxylic acids is 1. The molecule has 0 unspecified atom stereocenters. The number of likely N-dealkylation sites (N-methyl/N-ethyl adjacent to an activating group) is 1. The molecule has 130 valence electrons. The fraction of sp³-hybridized carbons (Fsp3) is 0.471. The van der Waals surface area contributed by atoms with E-state index in [0.29, 0.717) is 36.5 Å². The third-order valence-corrected chi connectivity index (χ3v) is 3.95. The molecule has 0 amide bonds. The summed E-state index contributed by atoms with van der Waals surface area (Å²) in [6.45, 7) is 6.35. The zero-order chi connectivity index (χ0) is 17.7. The number of likely N-dealkylation sites (tertiary alicyclic amines) is 1. The fourth-order valence-corrected chi connectivity index (χ4v) is 2.72. The monoisotopic (exact) mass is 334 g/mol. The van der Waals surface area contributed by atoms with E-state index in [2.05, 4.69) is 4.90 Å². The predicted octanol–water partition coefficient (Wildman–Crippen LogP) is 2.68. The van der Waals surface area contributed by atoms with E-state index in [4.69, 9.17) is 9.47 Å². The Hall–Kier alpha value is -2.41. The molecule has 1 aliphatic heterocycles. The number of ether oxygens (including phenoxy) is 2. The molecule has 7 nitrogen and oxygen atoms in total. The van der Waals surface area contributed by atoms with E-state index in [-0.39, 0.29) is 17.2 Å². The Bertz CT molecular complexity index is 669.